The monoisotopic (exact) mass is 318 g/mol. The van der Waals surface area contributed by atoms with Crippen molar-refractivity contribution in [3.05, 3.63) is 35.9 Å². The lowest BCUT2D eigenvalue weighted by molar-refractivity contribution is -0.117. The smallest absolute Gasteiger partial charge is 0.226 e. The van der Waals surface area contributed by atoms with Gasteiger partial charge in [0.1, 0.15) is 5.76 Å². The Morgan fingerprint density at radius 2 is 2.39 bits per heavy atom. The number of nitrogens with one attached hydrogen (secondary N) is 1. The first-order valence-corrected chi connectivity index (χ1v) is 7.79. The molecule has 0 spiro atoms. The number of amides is 1. The lowest BCUT2D eigenvalue weighted by atomic mass is 10.1. The fraction of sp³-hybridized carbons (Fsp3) is 0.500. The van der Waals surface area contributed by atoms with E-state index < -0.39 is 0 Å². The van der Waals surface area contributed by atoms with Gasteiger partial charge in [0.05, 0.1) is 19.3 Å². The molecule has 3 heterocycles. The van der Waals surface area contributed by atoms with Crippen LogP contribution in [0.5, 0.6) is 0 Å². The molecule has 0 aliphatic carbocycles. The van der Waals surface area contributed by atoms with E-state index in [1.165, 1.54) is 5.69 Å². The first kappa shape index (κ1) is 15.8. The van der Waals surface area contributed by atoms with Crippen molar-refractivity contribution < 1.29 is 14.1 Å². The van der Waals surface area contributed by atoms with Gasteiger partial charge in [-0.3, -0.25) is 9.69 Å². The molecule has 0 saturated carbocycles. The van der Waals surface area contributed by atoms with E-state index in [0.717, 1.165) is 6.54 Å². The number of aromatic nitrogens is 2. The molecule has 124 valence electrons. The molecule has 1 aliphatic rings. The van der Waals surface area contributed by atoms with Crippen LogP contribution in [0.25, 0.3) is 0 Å². The van der Waals surface area contributed by atoms with Crippen LogP contribution in [0.1, 0.15) is 23.9 Å². The molecule has 0 aromatic carbocycles. The van der Waals surface area contributed by atoms with Gasteiger partial charge in [0, 0.05) is 44.5 Å². The number of hydrogen-bond acceptors (Lipinski definition) is 5. The van der Waals surface area contributed by atoms with Gasteiger partial charge in [-0.05, 0) is 19.1 Å². The molecule has 1 N–H and O–H groups in total. The number of anilines is 1. The third-order valence-electron chi connectivity index (χ3n) is 4.09. The highest BCUT2D eigenvalue weighted by atomic mass is 16.5. The number of aryl methyl sites for hydroxylation is 2. The number of carbonyl (C=O) groups is 1. The molecule has 7 nitrogen and oxygen atoms in total. The molecule has 3 rings (SSSR count). The van der Waals surface area contributed by atoms with Gasteiger partial charge in [0.25, 0.3) is 0 Å². The van der Waals surface area contributed by atoms with Crippen molar-refractivity contribution in [1.29, 1.82) is 0 Å². The second kappa shape index (κ2) is 6.97. The summed E-state index contributed by atoms with van der Waals surface area (Å²) in [5.41, 5.74) is 1.21. The SMILES string of the molecule is Cc1cc(NC(=O)CCN2CCOCC2c2cccn2C)no1. The highest BCUT2D eigenvalue weighted by Crippen LogP contribution is 2.24. The molecule has 23 heavy (non-hydrogen) atoms. The second-order valence-corrected chi connectivity index (χ2v) is 5.79. The summed E-state index contributed by atoms with van der Waals surface area (Å²) in [5.74, 6) is 1.08. The van der Waals surface area contributed by atoms with Gasteiger partial charge in [0.15, 0.2) is 5.82 Å². The molecule has 1 atom stereocenters. The lowest BCUT2D eigenvalue weighted by Crippen LogP contribution is -2.41. The summed E-state index contributed by atoms with van der Waals surface area (Å²) in [4.78, 5) is 14.4. The molecule has 1 fully saturated rings. The highest BCUT2D eigenvalue weighted by Gasteiger charge is 2.26. The number of ether oxygens (including phenoxy) is 1. The van der Waals surface area contributed by atoms with Crippen LogP contribution in [0.3, 0.4) is 0 Å². The van der Waals surface area contributed by atoms with Crippen LogP contribution in [-0.2, 0) is 16.6 Å². The van der Waals surface area contributed by atoms with Crippen molar-refractivity contribution in [2.24, 2.45) is 7.05 Å². The zero-order valence-electron chi connectivity index (χ0n) is 13.5. The number of morpholine rings is 1. The Kier molecular flexibility index (Phi) is 4.78. The van der Waals surface area contributed by atoms with Crippen LogP contribution >= 0.6 is 0 Å². The number of rotatable bonds is 5. The predicted octanol–water partition coefficient (Wildman–Crippen LogP) is 1.72. The van der Waals surface area contributed by atoms with E-state index in [-0.39, 0.29) is 11.9 Å². The molecule has 1 saturated heterocycles. The maximum Gasteiger partial charge on any atom is 0.226 e. The molecule has 2 aromatic heterocycles. The summed E-state index contributed by atoms with van der Waals surface area (Å²) in [6, 6.07) is 6.02. The van der Waals surface area contributed by atoms with Crippen molar-refractivity contribution in [2.45, 2.75) is 19.4 Å². The van der Waals surface area contributed by atoms with E-state index in [9.17, 15) is 4.79 Å². The maximum absolute atomic E-state index is 12.1. The Morgan fingerprint density at radius 1 is 1.52 bits per heavy atom. The Bertz CT molecular complexity index is 664. The highest BCUT2D eigenvalue weighted by molar-refractivity contribution is 5.89. The van der Waals surface area contributed by atoms with Gasteiger partial charge >= 0.3 is 0 Å². The van der Waals surface area contributed by atoms with E-state index >= 15 is 0 Å². The van der Waals surface area contributed by atoms with Crippen LogP contribution in [-0.4, -0.2) is 46.8 Å². The van der Waals surface area contributed by atoms with Crippen LogP contribution in [0.4, 0.5) is 5.82 Å². The van der Waals surface area contributed by atoms with Crippen molar-refractivity contribution in [3.63, 3.8) is 0 Å². The average Bonchev–Trinajstić information content (AvgIpc) is 3.14. The van der Waals surface area contributed by atoms with E-state index in [0.29, 0.717) is 37.8 Å². The molecular weight excluding hydrogens is 296 g/mol. The Balaban J connectivity index is 1.57. The largest absolute Gasteiger partial charge is 0.378 e. The Labute approximate surface area is 135 Å². The minimum Gasteiger partial charge on any atom is -0.378 e. The molecule has 0 radical (unpaired) electrons. The summed E-state index contributed by atoms with van der Waals surface area (Å²) in [7, 11) is 2.03. The van der Waals surface area contributed by atoms with Gasteiger partial charge < -0.3 is 19.1 Å². The second-order valence-electron chi connectivity index (χ2n) is 5.79. The van der Waals surface area contributed by atoms with E-state index in [4.69, 9.17) is 9.26 Å². The molecule has 2 aromatic rings. The van der Waals surface area contributed by atoms with Crippen LogP contribution in [0, 0.1) is 6.92 Å². The normalized spacial score (nSPS) is 19.0. The number of hydrogen-bond donors (Lipinski definition) is 1. The average molecular weight is 318 g/mol. The fourth-order valence-electron chi connectivity index (χ4n) is 2.87. The van der Waals surface area contributed by atoms with Gasteiger partial charge in [-0.2, -0.15) is 0 Å². The van der Waals surface area contributed by atoms with Crippen LogP contribution in [0.2, 0.25) is 0 Å². The number of nitrogens with zero attached hydrogens (tertiary/aromatic N) is 3. The topological polar surface area (TPSA) is 72.5 Å². The third-order valence-corrected chi connectivity index (χ3v) is 4.09. The standard InChI is InChI=1S/C16H22N4O3/c1-12-10-15(18-23-12)17-16(21)5-7-20-8-9-22-11-14(20)13-4-3-6-19(13)2/h3-4,6,10,14H,5,7-9,11H2,1-2H3,(H,17,18,21). The third kappa shape index (κ3) is 3.80. The zero-order valence-corrected chi connectivity index (χ0v) is 13.5. The summed E-state index contributed by atoms with van der Waals surface area (Å²) < 4.78 is 12.7. The first-order chi connectivity index (χ1) is 11.1. The Hall–Kier alpha value is -2.12. The van der Waals surface area contributed by atoms with E-state index in [1.807, 2.05) is 19.3 Å². The van der Waals surface area contributed by atoms with Crippen LogP contribution in [0.15, 0.2) is 28.9 Å². The van der Waals surface area contributed by atoms with Crippen molar-refractivity contribution in [3.8, 4) is 0 Å². The molecule has 1 unspecified atom stereocenters. The predicted molar refractivity (Wildman–Crippen MR) is 85.0 cm³/mol. The van der Waals surface area contributed by atoms with Gasteiger partial charge in [0.2, 0.25) is 5.91 Å². The fourth-order valence-corrected chi connectivity index (χ4v) is 2.87. The zero-order chi connectivity index (χ0) is 16.2. The van der Waals surface area contributed by atoms with Crippen molar-refractivity contribution in [1.82, 2.24) is 14.6 Å². The quantitative estimate of drug-likeness (QED) is 0.909. The molecule has 0 bridgehead atoms. The number of carbonyl (C=O) groups excluding carboxylic acids is 1. The minimum absolute atomic E-state index is 0.0598. The summed E-state index contributed by atoms with van der Waals surface area (Å²) in [6.07, 6.45) is 2.44. The van der Waals surface area contributed by atoms with Gasteiger partial charge in [-0.25, -0.2) is 0 Å². The molecular formula is C16H22N4O3. The first-order valence-electron chi connectivity index (χ1n) is 7.79. The maximum atomic E-state index is 12.1. The lowest BCUT2D eigenvalue weighted by Gasteiger charge is -2.35. The van der Waals surface area contributed by atoms with E-state index in [1.54, 1.807) is 13.0 Å². The molecule has 7 heteroatoms. The summed E-state index contributed by atoms with van der Waals surface area (Å²) in [5, 5.41) is 6.53. The van der Waals surface area contributed by atoms with E-state index in [2.05, 4.69) is 26.0 Å². The molecule has 1 aliphatic heterocycles. The Morgan fingerprint density at radius 3 is 3.09 bits per heavy atom. The minimum atomic E-state index is -0.0598. The summed E-state index contributed by atoms with van der Waals surface area (Å²) in [6.45, 7) is 4.65. The van der Waals surface area contributed by atoms with Crippen LogP contribution < -0.4 is 5.32 Å². The molecule has 1 amide bonds. The van der Waals surface area contributed by atoms with Crippen molar-refractivity contribution >= 4 is 11.7 Å². The van der Waals surface area contributed by atoms with Gasteiger partial charge in [-0.15, -0.1) is 0 Å². The van der Waals surface area contributed by atoms with Crippen molar-refractivity contribution in [2.75, 3.05) is 31.6 Å². The van der Waals surface area contributed by atoms with Gasteiger partial charge in [-0.1, -0.05) is 5.16 Å². The summed E-state index contributed by atoms with van der Waals surface area (Å²) >= 11 is 0.